The summed E-state index contributed by atoms with van der Waals surface area (Å²) in [5, 5.41) is 6.32. The Morgan fingerprint density at radius 1 is 1.08 bits per heavy atom. The second-order valence-corrected chi connectivity index (χ2v) is 5.82. The molecule has 25 heavy (non-hydrogen) atoms. The summed E-state index contributed by atoms with van der Waals surface area (Å²) in [4.78, 5) is 24.4. The minimum absolute atomic E-state index is 0.150. The number of nitrogens with zero attached hydrogens (tertiary/aromatic N) is 1. The van der Waals surface area contributed by atoms with Crippen molar-refractivity contribution >= 4 is 29.8 Å². The monoisotopic (exact) mass is 357 g/mol. The van der Waals surface area contributed by atoms with Crippen LogP contribution in [0.5, 0.6) is 5.75 Å². The van der Waals surface area contributed by atoms with Gasteiger partial charge < -0.3 is 10.1 Å². The third-order valence-corrected chi connectivity index (χ3v) is 3.82. The molecule has 2 amide bonds. The van der Waals surface area contributed by atoms with Gasteiger partial charge in [0.25, 0.3) is 11.8 Å². The van der Waals surface area contributed by atoms with Crippen LogP contribution in [0.4, 0.5) is 0 Å². The summed E-state index contributed by atoms with van der Waals surface area (Å²) in [6.45, 7) is -0.317. The van der Waals surface area contributed by atoms with E-state index in [-0.39, 0.29) is 19.1 Å². The molecule has 2 rings (SSSR count). The number of hydrogen-bond donors (Lipinski definition) is 2. The van der Waals surface area contributed by atoms with Crippen molar-refractivity contribution in [2.24, 2.45) is 5.10 Å². The van der Waals surface area contributed by atoms with Gasteiger partial charge in [0.05, 0.1) is 12.8 Å². The SMILES string of the molecule is CSc1ccc(/C=N\NC(=O)CNC(=O)COc2ccccc2)cc1. The van der Waals surface area contributed by atoms with Crippen LogP contribution in [0.1, 0.15) is 5.56 Å². The Balaban J connectivity index is 1.65. The van der Waals surface area contributed by atoms with Crippen molar-refractivity contribution in [2.45, 2.75) is 4.90 Å². The van der Waals surface area contributed by atoms with Gasteiger partial charge in [0.1, 0.15) is 5.75 Å². The summed E-state index contributed by atoms with van der Waals surface area (Å²) < 4.78 is 5.28. The van der Waals surface area contributed by atoms with Crippen molar-refractivity contribution in [3.8, 4) is 5.75 Å². The molecule has 0 aliphatic rings. The van der Waals surface area contributed by atoms with Crippen LogP contribution >= 0.6 is 11.8 Å². The largest absolute Gasteiger partial charge is 0.484 e. The van der Waals surface area contributed by atoms with Crippen molar-refractivity contribution < 1.29 is 14.3 Å². The molecular formula is C18H19N3O3S. The Labute approximate surface area is 150 Å². The van der Waals surface area contributed by atoms with Gasteiger partial charge >= 0.3 is 0 Å². The number of benzene rings is 2. The highest BCUT2D eigenvalue weighted by Gasteiger charge is 2.05. The fraction of sp³-hybridized carbons (Fsp3) is 0.167. The van der Waals surface area contributed by atoms with Gasteiger partial charge in [0, 0.05) is 4.90 Å². The Bertz CT molecular complexity index is 718. The number of nitrogens with one attached hydrogen (secondary N) is 2. The van der Waals surface area contributed by atoms with Gasteiger partial charge in [0.15, 0.2) is 6.61 Å². The summed E-state index contributed by atoms with van der Waals surface area (Å²) in [6, 6.07) is 16.7. The second-order valence-electron chi connectivity index (χ2n) is 4.94. The molecule has 0 fully saturated rings. The van der Waals surface area contributed by atoms with Crippen LogP contribution in [0.3, 0.4) is 0 Å². The molecule has 130 valence electrons. The highest BCUT2D eigenvalue weighted by molar-refractivity contribution is 7.98. The van der Waals surface area contributed by atoms with Crippen LogP contribution in [0.25, 0.3) is 0 Å². The maximum absolute atomic E-state index is 11.6. The normalized spacial score (nSPS) is 10.4. The fourth-order valence-electron chi connectivity index (χ4n) is 1.80. The number of amides is 2. The van der Waals surface area contributed by atoms with Crippen LogP contribution in [-0.4, -0.2) is 37.4 Å². The fourth-order valence-corrected chi connectivity index (χ4v) is 2.21. The topological polar surface area (TPSA) is 79.8 Å². The lowest BCUT2D eigenvalue weighted by Gasteiger charge is -2.06. The second kappa shape index (κ2) is 10.1. The van der Waals surface area contributed by atoms with E-state index in [1.165, 1.54) is 0 Å². The molecule has 0 bridgehead atoms. The molecule has 0 saturated carbocycles. The van der Waals surface area contributed by atoms with E-state index in [0.717, 1.165) is 10.5 Å². The van der Waals surface area contributed by atoms with Crippen LogP contribution in [0, 0.1) is 0 Å². The lowest BCUT2D eigenvalue weighted by Crippen LogP contribution is -2.37. The quantitative estimate of drug-likeness (QED) is 0.430. The summed E-state index contributed by atoms with van der Waals surface area (Å²) in [7, 11) is 0. The predicted octanol–water partition coefficient (Wildman–Crippen LogP) is 2.05. The first kappa shape index (κ1) is 18.5. The minimum Gasteiger partial charge on any atom is -0.484 e. The molecule has 6 nitrogen and oxygen atoms in total. The number of ether oxygens (including phenoxy) is 1. The Morgan fingerprint density at radius 2 is 1.80 bits per heavy atom. The molecule has 7 heteroatoms. The summed E-state index contributed by atoms with van der Waals surface area (Å²) in [5.41, 5.74) is 3.23. The zero-order valence-corrected chi connectivity index (χ0v) is 14.6. The van der Waals surface area contributed by atoms with Crippen LogP contribution in [0.2, 0.25) is 0 Å². The van der Waals surface area contributed by atoms with Crippen molar-refractivity contribution in [2.75, 3.05) is 19.4 Å². The van der Waals surface area contributed by atoms with E-state index in [4.69, 9.17) is 4.74 Å². The molecule has 0 saturated heterocycles. The molecule has 0 unspecified atom stereocenters. The third kappa shape index (κ3) is 7.09. The molecule has 0 aliphatic carbocycles. The smallest absolute Gasteiger partial charge is 0.259 e. The van der Waals surface area contributed by atoms with Gasteiger partial charge in [-0.2, -0.15) is 5.10 Å². The van der Waals surface area contributed by atoms with Crippen molar-refractivity contribution in [3.63, 3.8) is 0 Å². The van der Waals surface area contributed by atoms with E-state index in [1.807, 2.05) is 48.7 Å². The van der Waals surface area contributed by atoms with E-state index in [2.05, 4.69) is 15.8 Å². The van der Waals surface area contributed by atoms with E-state index in [1.54, 1.807) is 30.1 Å². The Morgan fingerprint density at radius 3 is 2.48 bits per heavy atom. The van der Waals surface area contributed by atoms with E-state index < -0.39 is 5.91 Å². The van der Waals surface area contributed by atoms with Crippen molar-refractivity contribution in [3.05, 3.63) is 60.2 Å². The zero-order valence-electron chi connectivity index (χ0n) is 13.8. The average Bonchev–Trinajstić information content (AvgIpc) is 2.66. The number of hydrogen-bond acceptors (Lipinski definition) is 5. The highest BCUT2D eigenvalue weighted by atomic mass is 32.2. The molecule has 2 aromatic carbocycles. The van der Waals surface area contributed by atoms with Crippen LogP contribution < -0.4 is 15.5 Å². The van der Waals surface area contributed by atoms with E-state index in [0.29, 0.717) is 5.75 Å². The summed E-state index contributed by atoms with van der Waals surface area (Å²) in [6.07, 6.45) is 3.55. The molecule has 2 N–H and O–H groups in total. The standard InChI is InChI=1S/C18H19N3O3S/c1-25-16-9-7-14(8-10-16)11-20-21-17(22)12-19-18(23)13-24-15-5-3-2-4-6-15/h2-11H,12-13H2,1H3,(H,19,23)(H,21,22)/b20-11-. The van der Waals surface area contributed by atoms with Gasteiger partial charge in [-0.25, -0.2) is 5.43 Å². The summed E-state index contributed by atoms with van der Waals surface area (Å²) >= 11 is 1.65. The predicted molar refractivity (Wildman–Crippen MR) is 98.9 cm³/mol. The highest BCUT2D eigenvalue weighted by Crippen LogP contribution is 2.13. The van der Waals surface area contributed by atoms with Gasteiger partial charge in [-0.1, -0.05) is 30.3 Å². The minimum atomic E-state index is -0.412. The molecule has 0 aromatic heterocycles. The van der Waals surface area contributed by atoms with Crippen LogP contribution in [-0.2, 0) is 9.59 Å². The van der Waals surface area contributed by atoms with Gasteiger partial charge in [-0.3, -0.25) is 9.59 Å². The Hall–Kier alpha value is -2.80. The first-order valence-electron chi connectivity index (χ1n) is 7.58. The van der Waals surface area contributed by atoms with Crippen molar-refractivity contribution in [1.29, 1.82) is 0 Å². The first-order chi connectivity index (χ1) is 12.2. The molecule has 0 radical (unpaired) electrons. The number of rotatable bonds is 8. The number of para-hydroxylation sites is 1. The summed E-state index contributed by atoms with van der Waals surface area (Å²) in [5.74, 6) is -0.195. The maximum atomic E-state index is 11.6. The Kier molecular flexibility index (Phi) is 7.52. The number of carbonyl (C=O) groups is 2. The lowest BCUT2D eigenvalue weighted by molar-refractivity contribution is -0.127. The lowest BCUT2D eigenvalue weighted by atomic mass is 10.2. The van der Waals surface area contributed by atoms with E-state index >= 15 is 0 Å². The average molecular weight is 357 g/mol. The van der Waals surface area contributed by atoms with Gasteiger partial charge in [-0.05, 0) is 36.1 Å². The molecule has 0 atom stereocenters. The molecule has 0 aliphatic heterocycles. The first-order valence-corrected chi connectivity index (χ1v) is 8.80. The molecule has 0 heterocycles. The van der Waals surface area contributed by atoms with Gasteiger partial charge in [-0.15, -0.1) is 11.8 Å². The number of carbonyl (C=O) groups excluding carboxylic acids is 2. The van der Waals surface area contributed by atoms with Gasteiger partial charge in [0.2, 0.25) is 0 Å². The molecule has 2 aromatic rings. The number of thioether (sulfide) groups is 1. The number of hydrazone groups is 1. The molecule has 0 spiro atoms. The third-order valence-electron chi connectivity index (χ3n) is 3.08. The van der Waals surface area contributed by atoms with Crippen molar-refractivity contribution in [1.82, 2.24) is 10.7 Å². The van der Waals surface area contributed by atoms with Crippen LogP contribution in [0.15, 0.2) is 64.6 Å². The van der Waals surface area contributed by atoms with E-state index in [9.17, 15) is 9.59 Å². The molecular weight excluding hydrogens is 338 g/mol. The zero-order chi connectivity index (χ0) is 17.9. The maximum Gasteiger partial charge on any atom is 0.259 e.